The standard InChI is InChI=1S/C37H42N6O7/c38-18-4-8-31-35(48)41-29(21-24-10-14-26(15-11-24)33(46)25-6-2-1-3-7-25)37(50)42-19-5-9-30(42)34(47)40-22-32(45)43(31)36(49)28(39)20-23-12-16-27(44)17-13-23/h1-3,6-7,10-17,28-31,44H,4-5,8-9,18-22,38-39H2,(H,40,47)(H,41,48)/t28-,29-,30+,31+/m0/s1. The van der Waals surface area contributed by atoms with Crippen LogP contribution in [0.3, 0.4) is 0 Å². The Morgan fingerprint density at radius 2 is 1.54 bits per heavy atom. The molecule has 2 fully saturated rings. The summed E-state index contributed by atoms with van der Waals surface area (Å²) in [6.07, 6.45) is 1.18. The number of carbonyl (C=O) groups is 6. The first-order chi connectivity index (χ1) is 24.1. The molecule has 0 bridgehead atoms. The molecule has 5 rings (SSSR count). The second kappa shape index (κ2) is 16.3. The fraction of sp³-hybridized carbons (Fsp3) is 0.351. The third kappa shape index (κ3) is 8.41. The van der Waals surface area contributed by atoms with E-state index in [1.807, 2.05) is 6.07 Å². The van der Waals surface area contributed by atoms with Gasteiger partial charge in [0.25, 0.3) is 0 Å². The summed E-state index contributed by atoms with van der Waals surface area (Å²) in [5.41, 5.74) is 14.3. The third-order valence-corrected chi connectivity index (χ3v) is 9.07. The van der Waals surface area contributed by atoms with E-state index in [9.17, 15) is 33.9 Å². The second-order valence-electron chi connectivity index (χ2n) is 12.6. The average molecular weight is 683 g/mol. The normalized spacial score (nSPS) is 20.6. The van der Waals surface area contributed by atoms with Gasteiger partial charge in [-0.3, -0.25) is 33.7 Å². The van der Waals surface area contributed by atoms with Crippen molar-refractivity contribution in [3.63, 3.8) is 0 Å². The summed E-state index contributed by atoms with van der Waals surface area (Å²) in [5.74, 6) is -3.57. The first-order valence-corrected chi connectivity index (χ1v) is 16.7. The lowest BCUT2D eigenvalue weighted by Crippen LogP contribution is -2.63. The predicted octanol–water partition coefficient (Wildman–Crippen LogP) is 0.804. The Labute approximate surface area is 290 Å². The van der Waals surface area contributed by atoms with Gasteiger partial charge in [-0.2, -0.15) is 0 Å². The molecule has 4 atom stereocenters. The van der Waals surface area contributed by atoms with E-state index in [1.165, 1.54) is 17.0 Å². The summed E-state index contributed by atoms with van der Waals surface area (Å²) in [7, 11) is 0. The van der Waals surface area contributed by atoms with Crippen molar-refractivity contribution in [2.75, 3.05) is 19.6 Å². The Morgan fingerprint density at radius 3 is 2.22 bits per heavy atom. The van der Waals surface area contributed by atoms with E-state index in [4.69, 9.17) is 11.5 Å². The first kappa shape index (κ1) is 35.9. The number of aromatic hydroxyl groups is 1. The van der Waals surface area contributed by atoms with Crippen LogP contribution in [0.15, 0.2) is 78.9 Å². The van der Waals surface area contributed by atoms with Crippen molar-refractivity contribution in [3.8, 4) is 5.75 Å². The maximum atomic E-state index is 14.1. The number of nitrogens with two attached hydrogens (primary N) is 2. The van der Waals surface area contributed by atoms with Gasteiger partial charge in [0, 0.05) is 24.1 Å². The molecule has 50 heavy (non-hydrogen) atoms. The van der Waals surface area contributed by atoms with Gasteiger partial charge in [0.15, 0.2) is 5.78 Å². The molecule has 3 aromatic carbocycles. The van der Waals surface area contributed by atoms with Crippen molar-refractivity contribution < 1.29 is 33.9 Å². The summed E-state index contributed by atoms with van der Waals surface area (Å²) >= 11 is 0. The van der Waals surface area contributed by atoms with Crippen LogP contribution in [0.5, 0.6) is 5.75 Å². The van der Waals surface area contributed by atoms with Crippen molar-refractivity contribution in [1.82, 2.24) is 20.4 Å². The molecule has 0 saturated carbocycles. The van der Waals surface area contributed by atoms with E-state index in [-0.39, 0.29) is 50.3 Å². The molecule has 2 saturated heterocycles. The molecule has 3 aromatic rings. The van der Waals surface area contributed by atoms with Crippen molar-refractivity contribution in [2.24, 2.45) is 11.5 Å². The first-order valence-electron chi connectivity index (χ1n) is 16.7. The third-order valence-electron chi connectivity index (χ3n) is 9.07. The van der Waals surface area contributed by atoms with E-state index >= 15 is 0 Å². The van der Waals surface area contributed by atoms with Gasteiger partial charge in [0.1, 0.15) is 23.9 Å². The fourth-order valence-electron chi connectivity index (χ4n) is 6.41. The van der Waals surface area contributed by atoms with Crippen LogP contribution < -0.4 is 22.1 Å². The Morgan fingerprint density at radius 1 is 0.880 bits per heavy atom. The van der Waals surface area contributed by atoms with Crippen LogP contribution in [-0.2, 0) is 36.8 Å². The molecule has 7 N–H and O–H groups in total. The van der Waals surface area contributed by atoms with Crippen LogP contribution in [0.25, 0.3) is 0 Å². The Bertz CT molecular complexity index is 1710. The molecule has 13 nitrogen and oxygen atoms in total. The topological polar surface area (TPSA) is 205 Å². The number of imide groups is 1. The lowest BCUT2D eigenvalue weighted by Gasteiger charge is -2.35. The molecular formula is C37H42N6O7. The number of hydrogen-bond acceptors (Lipinski definition) is 9. The number of fused-ring (bicyclic) bond motifs is 1. The summed E-state index contributed by atoms with van der Waals surface area (Å²) in [4.78, 5) is 84.4. The van der Waals surface area contributed by atoms with Gasteiger partial charge >= 0.3 is 0 Å². The fourth-order valence-corrected chi connectivity index (χ4v) is 6.41. The van der Waals surface area contributed by atoms with Gasteiger partial charge < -0.3 is 32.1 Å². The van der Waals surface area contributed by atoms with Gasteiger partial charge in [0.05, 0.1) is 12.6 Å². The van der Waals surface area contributed by atoms with Crippen LogP contribution in [0.1, 0.15) is 52.7 Å². The molecule has 0 aliphatic carbocycles. The number of amides is 5. The average Bonchev–Trinajstić information content (AvgIpc) is 3.62. The Balaban J connectivity index is 1.45. The van der Waals surface area contributed by atoms with E-state index < -0.39 is 60.2 Å². The van der Waals surface area contributed by atoms with Crippen molar-refractivity contribution in [3.05, 3.63) is 101 Å². The van der Waals surface area contributed by atoms with Crippen LogP contribution >= 0.6 is 0 Å². The molecule has 2 aliphatic rings. The molecular weight excluding hydrogens is 640 g/mol. The number of carbonyl (C=O) groups excluding carboxylic acids is 6. The molecule has 2 aliphatic heterocycles. The number of nitrogens with zero attached hydrogens (tertiary/aromatic N) is 2. The van der Waals surface area contributed by atoms with Gasteiger partial charge in [0.2, 0.25) is 29.5 Å². The number of nitrogens with one attached hydrogen (secondary N) is 2. The van der Waals surface area contributed by atoms with E-state index in [0.717, 1.165) is 4.90 Å². The highest BCUT2D eigenvalue weighted by atomic mass is 16.3. The molecule has 262 valence electrons. The number of phenolic OH excluding ortho intramolecular Hbond substituents is 1. The molecule has 13 heteroatoms. The highest BCUT2D eigenvalue weighted by Gasteiger charge is 2.42. The van der Waals surface area contributed by atoms with E-state index in [0.29, 0.717) is 35.1 Å². The lowest BCUT2D eigenvalue weighted by atomic mass is 9.98. The van der Waals surface area contributed by atoms with Gasteiger partial charge in [-0.25, -0.2) is 0 Å². The molecule has 0 aromatic heterocycles. The van der Waals surface area contributed by atoms with Crippen LogP contribution in [-0.4, -0.2) is 94.0 Å². The molecule has 0 radical (unpaired) electrons. The maximum Gasteiger partial charge on any atom is 0.249 e. The van der Waals surface area contributed by atoms with Crippen LogP contribution in [0.4, 0.5) is 0 Å². The van der Waals surface area contributed by atoms with E-state index in [1.54, 1.807) is 60.7 Å². The predicted molar refractivity (Wildman–Crippen MR) is 183 cm³/mol. The number of ketones is 1. The highest BCUT2D eigenvalue weighted by molar-refractivity contribution is 6.09. The van der Waals surface area contributed by atoms with Crippen LogP contribution in [0.2, 0.25) is 0 Å². The highest BCUT2D eigenvalue weighted by Crippen LogP contribution is 2.22. The Kier molecular flexibility index (Phi) is 11.7. The van der Waals surface area contributed by atoms with E-state index in [2.05, 4.69) is 10.6 Å². The lowest BCUT2D eigenvalue weighted by molar-refractivity contribution is -0.154. The summed E-state index contributed by atoms with van der Waals surface area (Å²) in [6, 6.07) is 16.9. The van der Waals surface area contributed by atoms with Crippen molar-refractivity contribution >= 4 is 35.3 Å². The molecule has 0 unspecified atom stereocenters. The minimum Gasteiger partial charge on any atom is -0.508 e. The molecule has 2 heterocycles. The Hall–Kier alpha value is -5.40. The van der Waals surface area contributed by atoms with Crippen molar-refractivity contribution in [1.29, 1.82) is 0 Å². The largest absolute Gasteiger partial charge is 0.508 e. The summed E-state index contributed by atoms with van der Waals surface area (Å²) in [6.45, 7) is -0.143. The van der Waals surface area contributed by atoms with Gasteiger partial charge in [-0.05, 0) is 61.9 Å². The molecule has 0 spiro atoms. The SMILES string of the molecule is NCCC[C@@H]1C(=O)N[C@@H](Cc2ccc(C(=O)c3ccccc3)cc2)C(=O)N2CCC[C@@H]2C(=O)NCC(=O)N1C(=O)[C@@H](N)Cc1ccc(O)cc1. The van der Waals surface area contributed by atoms with Gasteiger partial charge in [-0.15, -0.1) is 0 Å². The minimum absolute atomic E-state index is 0.00138. The van der Waals surface area contributed by atoms with Crippen molar-refractivity contribution in [2.45, 2.75) is 62.7 Å². The zero-order valence-corrected chi connectivity index (χ0v) is 27.6. The minimum atomic E-state index is -1.38. The monoisotopic (exact) mass is 682 g/mol. The number of phenols is 1. The zero-order chi connectivity index (χ0) is 35.8. The van der Waals surface area contributed by atoms with Crippen LogP contribution in [0, 0.1) is 0 Å². The second-order valence-corrected chi connectivity index (χ2v) is 12.6. The smallest absolute Gasteiger partial charge is 0.249 e. The zero-order valence-electron chi connectivity index (χ0n) is 27.6. The number of hydrogen-bond donors (Lipinski definition) is 5. The van der Waals surface area contributed by atoms with Gasteiger partial charge in [-0.1, -0.05) is 66.7 Å². The number of benzene rings is 3. The maximum absolute atomic E-state index is 14.1. The summed E-state index contributed by atoms with van der Waals surface area (Å²) < 4.78 is 0. The summed E-state index contributed by atoms with van der Waals surface area (Å²) in [5, 5.41) is 15.0. The number of rotatable bonds is 10. The quantitative estimate of drug-likeness (QED) is 0.192. The molecule has 5 amide bonds.